The van der Waals surface area contributed by atoms with Crippen LogP contribution in [0.5, 0.6) is 0 Å². The summed E-state index contributed by atoms with van der Waals surface area (Å²) in [6.45, 7) is 2.33. The Morgan fingerprint density at radius 1 is 1.44 bits per heavy atom. The topological polar surface area (TPSA) is 59.1 Å². The minimum absolute atomic E-state index is 0.312. The molecule has 0 saturated carbocycles. The summed E-state index contributed by atoms with van der Waals surface area (Å²) in [6, 6.07) is 2.43. The highest BCUT2D eigenvalue weighted by molar-refractivity contribution is 7.89. The van der Waals surface area contributed by atoms with Crippen molar-refractivity contribution in [2.45, 2.75) is 31.2 Å². The van der Waals surface area contributed by atoms with E-state index in [4.69, 9.17) is 0 Å². The van der Waals surface area contributed by atoms with Gasteiger partial charge in [-0.25, -0.2) is 22.5 Å². The molecule has 4 nitrogen and oxygen atoms in total. The monoisotopic (exact) mass is 246 g/mol. The maximum Gasteiger partial charge on any atom is 0.261 e. The van der Waals surface area contributed by atoms with Crippen LogP contribution in [-0.2, 0) is 10.0 Å². The lowest BCUT2D eigenvalue weighted by atomic mass is 10.3. The van der Waals surface area contributed by atoms with E-state index in [-0.39, 0.29) is 0 Å². The quantitative estimate of drug-likeness (QED) is 0.777. The molecule has 6 heteroatoms. The summed E-state index contributed by atoms with van der Waals surface area (Å²) >= 11 is 0. The fraction of sp³-hybridized carbons (Fsp3) is 0.500. The number of hydrogen-bond acceptors (Lipinski definition) is 3. The molecule has 90 valence electrons. The highest BCUT2D eigenvalue weighted by Crippen LogP contribution is 2.09. The second-order valence-electron chi connectivity index (χ2n) is 3.40. The van der Waals surface area contributed by atoms with Gasteiger partial charge in [-0.1, -0.05) is 19.8 Å². The van der Waals surface area contributed by atoms with Crippen LogP contribution in [0.15, 0.2) is 23.4 Å². The fourth-order valence-electron chi connectivity index (χ4n) is 1.22. The van der Waals surface area contributed by atoms with Gasteiger partial charge in [0.25, 0.3) is 10.0 Å². The van der Waals surface area contributed by atoms with E-state index in [1.54, 1.807) is 0 Å². The minimum Gasteiger partial charge on any atom is -0.241 e. The van der Waals surface area contributed by atoms with Gasteiger partial charge in [0.1, 0.15) is 0 Å². The first-order chi connectivity index (χ1) is 7.58. The summed E-state index contributed by atoms with van der Waals surface area (Å²) in [5, 5.41) is -0.536. The van der Waals surface area contributed by atoms with Crippen molar-refractivity contribution in [1.29, 1.82) is 0 Å². The number of halogens is 1. The van der Waals surface area contributed by atoms with Crippen molar-refractivity contribution < 1.29 is 12.8 Å². The van der Waals surface area contributed by atoms with Gasteiger partial charge in [0.2, 0.25) is 5.03 Å². The summed E-state index contributed by atoms with van der Waals surface area (Å²) in [5.74, 6) is -0.828. The first-order valence-electron chi connectivity index (χ1n) is 5.18. The van der Waals surface area contributed by atoms with Crippen molar-refractivity contribution in [2.75, 3.05) is 6.54 Å². The molecule has 0 amide bonds. The third kappa shape index (κ3) is 3.53. The molecule has 16 heavy (non-hydrogen) atoms. The van der Waals surface area contributed by atoms with Gasteiger partial charge < -0.3 is 0 Å². The van der Waals surface area contributed by atoms with E-state index in [0.29, 0.717) is 6.54 Å². The van der Waals surface area contributed by atoms with Gasteiger partial charge in [-0.2, -0.15) is 0 Å². The maximum atomic E-state index is 13.2. The molecule has 0 bridgehead atoms. The van der Waals surface area contributed by atoms with E-state index in [1.807, 2.05) is 6.92 Å². The number of unbranched alkanes of at least 4 members (excludes halogenated alkanes) is 2. The molecule has 0 fully saturated rings. The van der Waals surface area contributed by atoms with Crippen LogP contribution < -0.4 is 4.72 Å². The smallest absolute Gasteiger partial charge is 0.241 e. The predicted molar refractivity (Wildman–Crippen MR) is 58.9 cm³/mol. The Hall–Kier alpha value is -1.01. The number of sulfonamides is 1. The molecule has 1 aromatic rings. The average Bonchev–Trinajstić information content (AvgIpc) is 2.25. The zero-order valence-corrected chi connectivity index (χ0v) is 9.93. The molecule has 1 rings (SSSR count). The normalized spacial score (nSPS) is 11.6. The van der Waals surface area contributed by atoms with Crippen LogP contribution in [0.2, 0.25) is 0 Å². The summed E-state index contributed by atoms with van der Waals surface area (Å²) in [4.78, 5) is 3.52. The highest BCUT2D eigenvalue weighted by atomic mass is 32.2. The minimum atomic E-state index is -3.81. The second-order valence-corrected chi connectivity index (χ2v) is 5.08. The molecule has 1 heterocycles. The largest absolute Gasteiger partial charge is 0.261 e. The number of hydrogen-bond donors (Lipinski definition) is 1. The van der Waals surface area contributed by atoms with Crippen LogP contribution in [-0.4, -0.2) is 19.9 Å². The van der Waals surface area contributed by atoms with E-state index < -0.39 is 20.9 Å². The lowest BCUT2D eigenvalue weighted by Gasteiger charge is -2.05. The molecule has 0 aromatic carbocycles. The SMILES string of the molecule is CCCCCNS(=O)(=O)c1ncccc1F. The Kier molecular flexibility index (Phi) is 4.82. The fourth-order valence-corrected chi connectivity index (χ4v) is 2.29. The molecule has 0 atom stereocenters. The van der Waals surface area contributed by atoms with Crippen molar-refractivity contribution >= 4 is 10.0 Å². The van der Waals surface area contributed by atoms with Crippen LogP contribution in [0, 0.1) is 5.82 Å². The number of aromatic nitrogens is 1. The molecule has 0 unspecified atom stereocenters. The van der Waals surface area contributed by atoms with E-state index in [0.717, 1.165) is 25.3 Å². The van der Waals surface area contributed by atoms with E-state index in [1.165, 1.54) is 12.3 Å². The molecule has 0 aliphatic rings. The zero-order chi connectivity index (χ0) is 12.0. The molecule has 0 radical (unpaired) electrons. The van der Waals surface area contributed by atoms with Crippen molar-refractivity contribution in [3.8, 4) is 0 Å². The number of rotatable bonds is 6. The summed E-state index contributed by atoms with van der Waals surface area (Å²) in [5.41, 5.74) is 0. The predicted octanol–water partition coefficient (Wildman–Crippen LogP) is 1.69. The summed E-state index contributed by atoms with van der Waals surface area (Å²) < 4.78 is 38.7. The van der Waals surface area contributed by atoms with Crippen LogP contribution in [0.3, 0.4) is 0 Å². The van der Waals surface area contributed by atoms with Gasteiger partial charge in [-0.05, 0) is 18.6 Å². The molecular weight excluding hydrogens is 231 g/mol. The molecular formula is C10H15FN2O2S. The third-order valence-corrected chi connectivity index (χ3v) is 3.45. The zero-order valence-electron chi connectivity index (χ0n) is 9.11. The molecule has 1 N–H and O–H groups in total. The second kappa shape index (κ2) is 5.91. The standard InChI is InChI=1S/C10H15FN2O2S/c1-2-3-4-8-13-16(14,15)10-9(11)6-5-7-12-10/h5-7,13H,2-4,8H2,1H3. The molecule has 0 spiro atoms. The third-order valence-electron chi connectivity index (χ3n) is 2.05. The van der Waals surface area contributed by atoms with E-state index in [2.05, 4.69) is 9.71 Å². The highest BCUT2D eigenvalue weighted by Gasteiger charge is 2.19. The Labute approximate surface area is 95.0 Å². The van der Waals surface area contributed by atoms with Gasteiger partial charge in [0.05, 0.1) is 0 Å². The van der Waals surface area contributed by atoms with Crippen LogP contribution in [0.1, 0.15) is 26.2 Å². The molecule has 0 aliphatic carbocycles. The van der Waals surface area contributed by atoms with Gasteiger partial charge >= 0.3 is 0 Å². The molecule has 0 saturated heterocycles. The first-order valence-corrected chi connectivity index (χ1v) is 6.66. The first kappa shape index (κ1) is 13.1. The van der Waals surface area contributed by atoms with Crippen molar-refractivity contribution in [1.82, 2.24) is 9.71 Å². The number of nitrogens with one attached hydrogen (secondary N) is 1. The summed E-state index contributed by atoms with van der Waals surface area (Å²) in [6.07, 6.45) is 3.93. The van der Waals surface area contributed by atoms with Crippen LogP contribution in [0.4, 0.5) is 4.39 Å². The number of pyridine rings is 1. The van der Waals surface area contributed by atoms with Gasteiger partial charge in [-0.15, -0.1) is 0 Å². The van der Waals surface area contributed by atoms with Gasteiger partial charge in [0, 0.05) is 12.7 Å². The van der Waals surface area contributed by atoms with E-state index >= 15 is 0 Å². The number of nitrogens with zero attached hydrogens (tertiary/aromatic N) is 1. The van der Waals surface area contributed by atoms with Crippen LogP contribution >= 0.6 is 0 Å². The average molecular weight is 246 g/mol. The lowest BCUT2D eigenvalue weighted by Crippen LogP contribution is -2.26. The van der Waals surface area contributed by atoms with Crippen molar-refractivity contribution in [2.24, 2.45) is 0 Å². The Morgan fingerprint density at radius 3 is 2.81 bits per heavy atom. The van der Waals surface area contributed by atoms with Gasteiger partial charge in [-0.3, -0.25) is 0 Å². The summed E-state index contributed by atoms with van der Waals surface area (Å²) in [7, 11) is -3.81. The van der Waals surface area contributed by atoms with Crippen molar-refractivity contribution in [3.63, 3.8) is 0 Å². The lowest BCUT2D eigenvalue weighted by molar-refractivity contribution is 0.542. The van der Waals surface area contributed by atoms with Crippen molar-refractivity contribution in [3.05, 3.63) is 24.1 Å². The Balaban J connectivity index is 2.68. The Morgan fingerprint density at radius 2 is 2.19 bits per heavy atom. The van der Waals surface area contributed by atoms with Crippen LogP contribution in [0.25, 0.3) is 0 Å². The van der Waals surface area contributed by atoms with E-state index in [9.17, 15) is 12.8 Å². The van der Waals surface area contributed by atoms with Gasteiger partial charge in [0.15, 0.2) is 5.82 Å². The Bertz CT molecular complexity index is 434. The maximum absolute atomic E-state index is 13.2. The molecule has 0 aliphatic heterocycles. The molecule has 1 aromatic heterocycles.